The Kier molecular flexibility index (Phi) is 8.49. The highest BCUT2D eigenvalue weighted by molar-refractivity contribution is 7.99. The van der Waals surface area contributed by atoms with Crippen molar-refractivity contribution < 1.29 is 14.3 Å². The molecule has 3 aromatic rings. The summed E-state index contributed by atoms with van der Waals surface area (Å²) in [4.78, 5) is 26.0. The Labute approximate surface area is 202 Å². The molecule has 174 valence electrons. The van der Waals surface area contributed by atoms with E-state index in [-0.39, 0.29) is 17.7 Å². The second-order valence-electron chi connectivity index (χ2n) is 7.55. The molecule has 1 unspecified atom stereocenters. The van der Waals surface area contributed by atoms with Crippen molar-refractivity contribution in [1.82, 2.24) is 25.0 Å². The second kappa shape index (κ2) is 11.3. The zero-order valence-electron chi connectivity index (χ0n) is 18.9. The van der Waals surface area contributed by atoms with E-state index in [0.717, 1.165) is 17.1 Å². The first-order valence-corrected chi connectivity index (χ1v) is 11.6. The van der Waals surface area contributed by atoms with Gasteiger partial charge in [-0.15, -0.1) is 10.2 Å². The molecular weight excluding hydrogens is 462 g/mol. The van der Waals surface area contributed by atoms with Gasteiger partial charge in [-0.05, 0) is 63.0 Å². The van der Waals surface area contributed by atoms with E-state index in [1.54, 1.807) is 24.3 Å². The number of carbonyl (C=O) groups is 2. The normalized spacial score (nSPS) is 11.9. The minimum absolute atomic E-state index is 0.0179. The summed E-state index contributed by atoms with van der Waals surface area (Å²) in [5, 5.41) is 12.9. The number of aromatic nitrogens is 3. The molecule has 1 amide bonds. The van der Waals surface area contributed by atoms with Gasteiger partial charge in [0.1, 0.15) is 0 Å². The van der Waals surface area contributed by atoms with Crippen LogP contribution in [-0.4, -0.2) is 58.5 Å². The van der Waals surface area contributed by atoms with Gasteiger partial charge in [-0.2, -0.15) is 0 Å². The van der Waals surface area contributed by atoms with Crippen molar-refractivity contribution in [3.63, 3.8) is 0 Å². The zero-order valence-corrected chi connectivity index (χ0v) is 20.5. The molecule has 0 spiro atoms. The number of halogens is 1. The fraction of sp³-hybridized carbons (Fsp3) is 0.304. The molecule has 1 aromatic heterocycles. The molecule has 10 heteroatoms. The molecule has 0 saturated carbocycles. The molecule has 0 aliphatic carbocycles. The van der Waals surface area contributed by atoms with Crippen molar-refractivity contribution >= 4 is 35.2 Å². The topological polar surface area (TPSA) is 89.3 Å². The highest BCUT2D eigenvalue weighted by Gasteiger charge is 2.21. The molecule has 1 heterocycles. The number of benzene rings is 2. The SMILES string of the molecule is COC(=O)c1ccc(CNC(=O)CSc2nnc(C(C)N(C)C)n2-c2ccc(Cl)cc2)cc1. The van der Waals surface area contributed by atoms with Crippen LogP contribution in [0, 0.1) is 0 Å². The van der Waals surface area contributed by atoms with Gasteiger partial charge in [0.05, 0.1) is 24.5 Å². The lowest BCUT2D eigenvalue weighted by atomic mass is 10.1. The first-order chi connectivity index (χ1) is 15.8. The van der Waals surface area contributed by atoms with Gasteiger partial charge in [-0.3, -0.25) is 14.3 Å². The lowest BCUT2D eigenvalue weighted by Gasteiger charge is -2.20. The molecule has 0 fully saturated rings. The first-order valence-electron chi connectivity index (χ1n) is 10.2. The Bertz CT molecular complexity index is 1100. The maximum Gasteiger partial charge on any atom is 0.337 e. The standard InChI is InChI=1S/C23H26ClN5O3S/c1-15(28(2)3)21-26-27-23(29(21)19-11-9-18(24)10-12-19)33-14-20(30)25-13-16-5-7-17(8-6-16)22(31)32-4/h5-12,15H,13-14H2,1-4H3,(H,25,30). The summed E-state index contributed by atoms with van der Waals surface area (Å²) in [5.74, 6) is 0.429. The van der Waals surface area contributed by atoms with Crippen LogP contribution < -0.4 is 5.32 Å². The summed E-state index contributed by atoms with van der Waals surface area (Å²) in [6, 6.07) is 14.4. The van der Waals surface area contributed by atoms with Crippen molar-refractivity contribution in [2.45, 2.75) is 24.7 Å². The summed E-state index contributed by atoms with van der Waals surface area (Å²) < 4.78 is 6.64. The predicted molar refractivity (Wildman–Crippen MR) is 129 cm³/mol. The Hall–Kier alpha value is -2.88. The number of esters is 1. The number of rotatable bonds is 9. The number of nitrogens with one attached hydrogen (secondary N) is 1. The molecule has 1 atom stereocenters. The lowest BCUT2D eigenvalue weighted by Crippen LogP contribution is -2.25. The third kappa shape index (κ3) is 6.34. The average Bonchev–Trinajstić information content (AvgIpc) is 3.24. The zero-order chi connectivity index (χ0) is 24.0. The molecule has 0 saturated heterocycles. The number of carbonyl (C=O) groups excluding carboxylic acids is 2. The van der Waals surface area contributed by atoms with Gasteiger partial charge in [-0.25, -0.2) is 4.79 Å². The number of ether oxygens (including phenoxy) is 1. The van der Waals surface area contributed by atoms with Crippen molar-refractivity contribution in [2.24, 2.45) is 0 Å². The highest BCUT2D eigenvalue weighted by Crippen LogP contribution is 2.27. The Morgan fingerprint density at radius 3 is 2.39 bits per heavy atom. The van der Waals surface area contributed by atoms with Gasteiger partial charge < -0.3 is 10.1 Å². The van der Waals surface area contributed by atoms with Crippen molar-refractivity contribution in [3.05, 3.63) is 70.5 Å². The molecule has 3 rings (SSSR count). The van der Waals surface area contributed by atoms with Crippen molar-refractivity contribution in [2.75, 3.05) is 27.0 Å². The lowest BCUT2D eigenvalue weighted by molar-refractivity contribution is -0.118. The Morgan fingerprint density at radius 2 is 1.79 bits per heavy atom. The van der Waals surface area contributed by atoms with E-state index in [2.05, 4.69) is 15.5 Å². The number of nitrogens with zero attached hydrogens (tertiary/aromatic N) is 4. The highest BCUT2D eigenvalue weighted by atomic mass is 35.5. The van der Waals surface area contributed by atoms with E-state index in [0.29, 0.717) is 22.3 Å². The van der Waals surface area contributed by atoms with Crippen molar-refractivity contribution in [3.8, 4) is 5.69 Å². The fourth-order valence-corrected chi connectivity index (χ4v) is 3.88. The fourth-order valence-electron chi connectivity index (χ4n) is 2.97. The summed E-state index contributed by atoms with van der Waals surface area (Å²) in [5.41, 5.74) is 2.22. The van der Waals surface area contributed by atoms with E-state index >= 15 is 0 Å². The van der Waals surface area contributed by atoms with Crippen LogP contribution in [0.4, 0.5) is 0 Å². The molecule has 2 aromatic carbocycles. The Morgan fingerprint density at radius 1 is 1.12 bits per heavy atom. The predicted octanol–water partition coefficient (Wildman–Crippen LogP) is 3.74. The van der Waals surface area contributed by atoms with Crippen LogP contribution in [0.2, 0.25) is 5.02 Å². The van der Waals surface area contributed by atoms with E-state index in [9.17, 15) is 9.59 Å². The van der Waals surface area contributed by atoms with Gasteiger partial charge in [0.25, 0.3) is 0 Å². The summed E-state index contributed by atoms with van der Waals surface area (Å²) in [7, 11) is 5.29. The third-order valence-electron chi connectivity index (χ3n) is 5.09. The van der Waals surface area contributed by atoms with Gasteiger partial charge in [0.2, 0.25) is 5.91 Å². The second-order valence-corrected chi connectivity index (χ2v) is 8.93. The van der Waals surface area contributed by atoms with Crippen LogP contribution >= 0.6 is 23.4 Å². The number of hydrogen-bond acceptors (Lipinski definition) is 7. The summed E-state index contributed by atoms with van der Waals surface area (Å²) >= 11 is 7.37. The largest absolute Gasteiger partial charge is 0.465 e. The molecule has 8 nitrogen and oxygen atoms in total. The van der Waals surface area contributed by atoms with Gasteiger partial charge in [0, 0.05) is 17.3 Å². The number of amides is 1. The molecule has 0 radical (unpaired) electrons. The molecule has 0 aliphatic rings. The van der Waals surface area contributed by atoms with Crippen LogP contribution in [0.3, 0.4) is 0 Å². The molecule has 0 bridgehead atoms. The summed E-state index contributed by atoms with van der Waals surface area (Å²) in [6.45, 7) is 2.40. The van der Waals surface area contributed by atoms with Crippen LogP contribution in [-0.2, 0) is 16.1 Å². The van der Waals surface area contributed by atoms with E-state index in [1.807, 2.05) is 54.8 Å². The molecule has 0 aliphatic heterocycles. The average molecular weight is 488 g/mol. The number of hydrogen-bond donors (Lipinski definition) is 1. The van der Waals surface area contributed by atoms with Gasteiger partial charge >= 0.3 is 5.97 Å². The maximum atomic E-state index is 12.5. The van der Waals surface area contributed by atoms with Crippen LogP contribution in [0.1, 0.15) is 34.7 Å². The third-order valence-corrected chi connectivity index (χ3v) is 6.27. The quantitative estimate of drug-likeness (QED) is 0.363. The van der Waals surface area contributed by atoms with E-state index in [4.69, 9.17) is 16.3 Å². The first kappa shape index (κ1) is 24.8. The van der Waals surface area contributed by atoms with Crippen molar-refractivity contribution in [1.29, 1.82) is 0 Å². The van der Waals surface area contributed by atoms with Gasteiger partial charge in [0.15, 0.2) is 11.0 Å². The Balaban J connectivity index is 1.67. The van der Waals surface area contributed by atoms with E-state index < -0.39 is 5.97 Å². The number of thioether (sulfide) groups is 1. The smallest absolute Gasteiger partial charge is 0.337 e. The van der Waals surface area contributed by atoms with Crippen LogP contribution in [0.5, 0.6) is 0 Å². The van der Waals surface area contributed by atoms with Crippen LogP contribution in [0.15, 0.2) is 53.7 Å². The van der Waals surface area contributed by atoms with Crippen LogP contribution in [0.25, 0.3) is 5.69 Å². The molecule has 33 heavy (non-hydrogen) atoms. The minimum Gasteiger partial charge on any atom is -0.465 e. The van der Waals surface area contributed by atoms with Gasteiger partial charge in [-0.1, -0.05) is 35.5 Å². The minimum atomic E-state index is -0.394. The monoisotopic (exact) mass is 487 g/mol. The molecular formula is C23H26ClN5O3S. The summed E-state index contributed by atoms with van der Waals surface area (Å²) in [6.07, 6.45) is 0. The van der Waals surface area contributed by atoms with E-state index in [1.165, 1.54) is 18.9 Å². The molecule has 1 N–H and O–H groups in total. The maximum absolute atomic E-state index is 12.5. The number of methoxy groups -OCH3 is 1.